The molecule has 1 aromatic rings. The van der Waals surface area contributed by atoms with Crippen molar-refractivity contribution in [2.24, 2.45) is 5.73 Å². The molecule has 2 rings (SSSR count). The number of carbonyl (C=O) groups is 1. The van der Waals surface area contributed by atoms with E-state index in [1.165, 1.54) is 0 Å². The molecule has 2 unspecified atom stereocenters. The van der Waals surface area contributed by atoms with E-state index in [0.29, 0.717) is 0 Å². The van der Waals surface area contributed by atoms with Gasteiger partial charge in [0.25, 0.3) is 5.91 Å². The molecule has 0 radical (unpaired) electrons. The maximum Gasteiger partial charge on any atom is 0.265 e. The van der Waals surface area contributed by atoms with Crippen molar-refractivity contribution in [2.75, 3.05) is 5.32 Å². The molecule has 1 heterocycles. The summed E-state index contributed by atoms with van der Waals surface area (Å²) in [7, 11) is 0. The molecule has 0 bridgehead atoms. The van der Waals surface area contributed by atoms with Crippen molar-refractivity contribution >= 4 is 17.7 Å². The topological polar surface area (TPSA) is 64.3 Å². The summed E-state index contributed by atoms with van der Waals surface area (Å²) < 4.78 is 5.50. The van der Waals surface area contributed by atoms with Crippen LogP contribution in [0, 0.1) is 0 Å². The minimum Gasteiger partial charge on any atom is -0.479 e. The van der Waals surface area contributed by atoms with Crippen molar-refractivity contribution < 1.29 is 9.53 Å². The second kappa shape index (κ2) is 5.89. The molecule has 1 aliphatic heterocycles. The second-order valence-corrected chi connectivity index (χ2v) is 4.96. The first-order valence-corrected chi connectivity index (χ1v) is 6.60. The molecule has 0 aliphatic carbocycles. The van der Waals surface area contributed by atoms with E-state index in [1.54, 1.807) is 6.92 Å². The lowest BCUT2D eigenvalue weighted by Crippen LogP contribution is -2.34. The third-order valence-electron chi connectivity index (χ3n) is 3.03. The highest BCUT2D eigenvalue weighted by molar-refractivity contribution is 5.97. The number of rotatable bonds is 4. The number of ether oxygens (including phenoxy) is 1. The van der Waals surface area contributed by atoms with Gasteiger partial charge in [-0.15, -0.1) is 0 Å². The summed E-state index contributed by atoms with van der Waals surface area (Å²) in [6, 6.07) is 6.01. The normalized spacial score (nSPS) is 19.7. The van der Waals surface area contributed by atoms with Gasteiger partial charge in [0.15, 0.2) is 6.10 Å². The largest absolute Gasteiger partial charge is 0.479 e. The average molecular weight is 260 g/mol. The van der Waals surface area contributed by atoms with Crippen molar-refractivity contribution in [1.82, 2.24) is 0 Å². The van der Waals surface area contributed by atoms with Gasteiger partial charge in [-0.2, -0.15) is 0 Å². The molecule has 1 aromatic carbocycles. The molecule has 4 nitrogen and oxygen atoms in total. The molecule has 4 heteroatoms. The monoisotopic (exact) mass is 260 g/mol. The molecule has 0 fully saturated rings. The number of fused-ring (bicyclic) bond motifs is 1. The Bertz CT molecular complexity index is 495. The molecule has 3 N–H and O–H groups in total. The highest BCUT2D eigenvalue weighted by atomic mass is 16.5. The van der Waals surface area contributed by atoms with Gasteiger partial charge in [-0.25, -0.2) is 0 Å². The van der Waals surface area contributed by atoms with E-state index in [4.69, 9.17) is 10.5 Å². The molecule has 2 atom stereocenters. The van der Waals surface area contributed by atoms with Crippen LogP contribution in [0.4, 0.5) is 5.69 Å². The van der Waals surface area contributed by atoms with Crippen LogP contribution in [0.25, 0.3) is 6.08 Å². The molecule has 0 aromatic heterocycles. The molecule has 1 aliphatic rings. The number of hydrogen-bond acceptors (Lipinski definition) is 3. The number of nitrogens with two attached hydrogens (primary N) is 1. The fourth-order valence-electron chi connectivity index (χ4n) is 1.91. The maximum absolute atomic E-state index is 11.5. The van der Waals surface area contributed by atoms with Crippen LogP contribution in [0.5, 0.6) is 5.75 Å². The summed E-state index contributed by atoms with van der Waals surface area (Å²) >= 11 is 0. The first kappa shape index (κ1) is 13.6. The van der Waals surface area contributed by atoms with Gasteiger partial charge in [0.1, 0.15) is 5.75 Å². The number of amides is 1. The molecule has 19 heavy (non-hydrogen) atoms. The standard InChI is InChI=1S/C15H20N2O2/c1-10(16)5-3-4-6-12-7-8-14-13(9-12)17-15(18)11(2)19-14/h4,6-11H,3,5,16H2,1-2H3,(H,17,18)/b6-4+. The van der Waals surface area contributed by atoms with Gasteiger partial charge in [-0.1, -0.05) is 18.2 Å². The first-order valence-electron chi connectivity index (χ1n) is 6.60. The zero-order valence-electron chi connectivity index (χ0n) is 11.3. The van der Waals surface area contributed by atoms with Crippen molar-refractivity contribution in [3.8, 4) is 5.75 Å². The van der Waals surface area contributed by atoms with Crippen molar-refractivity contribution in [2.45, 2.75) is 38.8 Å². The van der Waals surface area contributed by atoms with Crippen LogP contribution in [0.2, 0.25) is 0 Å². The molecule has 0 saturated heterocycles. The van der Waals surface area contributed by atoms with Crippen molar-refractivity contribution in [3.05, 3.63) is 29.8 Å². The maximum atomic E-state index is 11.5. The molecule has 0 saturated carbocycles. The van der Waals surface area contributed by atoms with Crippen LogP contribution in [0.3, 0.4) is 0 Å². The SMILES string of the molecule is CC(N)CC/C=C/c1ccc2c(c1)NC(=O)C(C)O2. The summed E-state index contributed by atoms with van der Waals surface area (Å²) in [6.07, 6.45) is 5.62. The van der Waals surface area contributed by atoms with E-state index in [1.807, 2.05) is 31.2 Å². The highest BCUT2D eigenvalue weighted by Gasteiger charge is 2.23. The van der Waals surface area contributed by atoms with Gasteiger partial charge in [-0.3, -0.25) is 4.79 Å². The van der Waals surface area contributed by atoms with Gasteiger partial charge < -0.3 is 15.8 Å². The fraction of sp³-hybridized carbons (Fsp3) is 0.400. The summed E-state index contributed by atoms with van der Waals surface area (Å²) in [5.74, 6) is 0.616. The zero-order chi connectivity index (χ0) is 13.8. The van der Waals surface area contributed by atoms with E-state index < -0.39 is 6.10 Å². The van der Waals surface area contributed by atoms with Crippen molar-refractivity contribution in [1.29, 1.82) is 0 Å². The lowest BCUT2D eigenvalue weighted by molar-refractivity contribution is -0.122. The molecule has 0 spiro atoms. The quantitative estimate of drug-likeness (QED) is 0.874. The number of hydrogen-bond donors (Lipinski definition) is 2. The number of carbonyl (C=O) groups excluding carboxylic acids is 1. The number of allylic oxidation sites excluding steroid dienone is 1. The van der Waals surface area contributed by atoms with Crippen LogP contribution in [-0.2, 0) is 4.79 Å². The number of nitrogens with one attached hydrogen (secondary N) is 1. The lowest BCUT2D eigenvalue weighted by Gasteiger charge is -2.23. The van der Waals surface area contributed by atoms with Crippen LogP contribution in [0.1, 0.15) is 32.3 Å². The predicted molar refractivity (Wildman–Crippen MR) is 77.1 cm³/mol. The number of anilines is 1. The lowest BCUT2D eigenvalue weighted by atomic mass is 10.1. The Morgan fingerprint density at radius 1 is 1.53 bits per heavy atom. The molecular weight excluding hydrogens is 240 g/mol. The van der Waals surface area contributed by atoms with E-state index in [2.05, 4.69) is 11.4 Å². The zero-order valence-corrected chi connectivity index (χ0v) is 11.3. The van der Waals surface area contributed by atoms with Gasteiger partial charge in [-0.05, 0) is 44.4 Å². The Labute approximate surface area is 113 Å². The summed E-state index contributed by atoms with van der Waals surface area (Å²) in [4.78, 5) is 11.5. The Hall–Kier alpha value is -1.81. The van der Waals surface area contributed by atoms with Crippen LogP contribution < -0.4 is 15.8 Å². The average Bonchev–Trinajstić information content (AvgIpc) is 2.36. The van der Waals surface area contributed by atoms with E-state index in [-0.39, 0.29) is 11.9 Å². The Kier molecular flexibility index (Phi) is 4.22. The van der Waals surface area contributed by atoms with Gasteiger partial charge >= 0.3 is 0 Å². The Morgan fingerprint density at radius 3 is 3.05 bits per heavy atom. The van der Waals surface area contributed by atoms with E-state index in [9.17, 15) is 4.79 Å². The molecule has 1 amide bonds. The van der Waals surface area contributed by atoms with Crippen LogP contribution >= 0.6 is 0 Å². The second-order valence-electron chi connectivity index (χ2n) is 4.96. The third-order valence-corrected chi connectivity index (χ3v) is 3.03. The molecular formula is C15H20N2O2. The van der Waals surface area contributed by atoms with Gasteiger partial charge in [0.05, 0.1) is 5.69 Å². The van der Waals surface area contributed by atoms with E-state index in [0.717, 1.165) is 29.8 Å². The summed E-state index contributed by atoms with van der Waals surface area (Å²) in [5, 5.41) is 2.84. The van der Waals surface area contributed by atoms with Crippen molar-refractivity contribution in [3.63, 3.8) is 0 Å². The van der Waals surface area contributed by atoms with Crippen LogP contribution in [0.15, 0.2) is 24.3 Å². The third kappa shape index (κ3) is 3.58. The van der Waals surface area contributed by atoms with Crippen LogP contribution in [-0.4, -0.2) is 18.1 Å². The minimum absolute atomic E-state index is 0.106. The summed E-state index contributed by atoms with van der Waals surface area (Å²) in [6.45, 7) is 3.74. The predicted octanol–water partition coefficient (Wildman–Crippen LogP) is 2.55. The van der Waals surface area contributed by atoms with Gasteiger partial charge in [0, 0.05) is 6.04 Å². The van der Waals surface area contributed by atoms with E-state index >= 15 is 0 Å². The Balaban J connectivity index is 2.05. The highest BCUT2D eigenvalue weighted by Crippen LogP contribution is 2.30. The molecule has 102 valence electrons. The summed E-state index contributed by atoms with van der Waals surface area (Å²) in [5.41, 5.74) is 7.47. The minimum atomic E-state index is -0.431. The smallest absolute Gasteiger partial charge is 0.265 e. The number of benzene rings is 1. The fourth-order valence-corrected chi connectivity index (χ4v) is 1.91. The van der Waals surface area contributed by atoms with Gasteiger partial charge in [0.2, 0.25) is 0 Å². The first-order chi connectivity index (χ1) is 9.06. The Morgan fingerprint density at radius 2 is 2.32 bits per heavy atom.